The zero-order valence-corrected chi connectivity index (χ0v) is 23.1. The fourth-order valence-electron chi connectivity index (χ4n) is 3.79. The summed E-state index contributed by atoms with van der Waals surface area (Å²) in [5.74, 6) is -0.781. The van der Waals surface area contributed by atoms with Gasteiger partial charge in [0.2, 0.25) is 11.8 Å². The molecule has 0 spiro atoms. The van der Waals surface area contributed by atoms with Crippen LogP contribution in [0.15, 0.2) is 18.2 Å². The van der Waals surface area contributed by atoms with Gasteiger partial charge < -0.3 is 25.0 Å². The van der Waals surface area contributed by atoms with Gasteiger partial charge in [0.25, 0.3) is 0 Å². The first-order chi connectivity index (χ1) is 16.9. The van der Waals surface area contributed by atoms with Gasteiger partial charge in [0.15, 0.2) is 0 Å². The average molecular weight is 522 g/mol. The van der Waals surface area contributed by atoms with E-state index in [1.807, 2.05) is 38.3 Å². The minimum atomic E-state index is -0.966. The van der Waals surface area contributed by atoms with Crippen LogP contribution < -0.4 is 10.6 Å². The summed E-state index contributed by atoms with van der Waals surface area (Å²) in [6, 6.07) is 3.75. The van der Waals surface area contributed by atoms with Crippen molar-refractivity contribution in [1.82, 2.24) is 15.5 Å². The van der Waals surface area contributed by atoms with Gasteiger partial charge in [-0.2, -0.15) is 11.8 Å². The van der Waals surface area contributed by atoms with Gasteiger partial charge >= 0.3 is 12.1 Å². The Bertz CT molecular complexity index is 957. The van der Waals surface area contributed by atoms with Crippen LogP contribution in [0.2, 0.25) is 0 Å². The van der Waals surface area contributed by atoms with Gasteiger partial charge in [-0.1, -0.05) is 23.8 Å². The van der Waals surface area contributed by atoms with Crippen LogP contribution in [-0.2, 0) is 23.9 Å². The van der Waals surface area contributed by atoms with Crippen LogP contribution in [0, 0.1) is 13.8 Å². The lowest BCUT2D eigenvalue weighted by atomic mass is 9.95. The van der Waals surface area contributed by atoms with E-state index in [4.69, 9.17) is 4.74 Å². The third kappa shape index (κ3) is 8.72. The number of benzene rings is 1. The number of nitrogens with one attached hydrogen (secondary N) is 2. The molecule has 1 fully saturated rings. The van der Waals surface area contributed by atoms with E-state index >= 15 is 0 Å². The third-order valence-electron chi connectivity index (χ3n) is 5.68. The predicted octanol–water partition coefficient (Wildman–Crippen LogP) is 3.27. The van der Waals surface area contributed by atoms with Crippen molar-refractivity contribution in [2.24, 2.45) is 0 Å². The first kappa shape index (κ1) is 29.5. The molecule has 0 heterocycles. The van der Waals surface area contributed by atoms with Crippen molar-refractivity contribution in [2.75, 3.05) is 25.7 Å². The van der Waals surface area contributed by atoms with Gasteiger partial charge in [-0.3, -0.25) is 14.4 Å². The molecule has 10 heteroatoms. The monoisotopic (exact) mass is 521 g/mol. The molecule has 2 unspecified atom stereocenters. The number of carbonyl (C=O) groups is 4. The van der Waals surface area contributed by atoms with E-state index in [9.17, 15) is 19.2 Å². The van der Waals surface area contributed by atoms with Gasteiger partial charge in [-0.25, -0.2) is 4.79 Å². The number of hydrogen-bond acceptors (Lipinski definition) is 7. The second kappa shape index (κ2) is 13.0. The van der Waals surface area contributed by atoms with Crippen molar-refractivity contribution in [2.45, 2.75) is 77.6 Å². The maximum Gasteiger partial charge on any atom is 0.408 e. The summed E-state index contributed by atoms with van der Waals surface area (Å²) in [6.07, 6.45) is 3.12. The highest BCUT2D eigenvalue weighted by atomic mass is 32.2. The largest absolute Gasteiger partial charge is 0.468 e. The smallest absolute Gasteiger partial charge is 0.408 e. The summed E-state index contributed by atoms with van der Waals surface area (Å²) in [7, 11) is 1.25. The molecule has 0 aromatic heterocycles. The van der Waals surface area contributed by atoms with Crippen LogP contribution in [0.4, 0.5) is 4.79 Å². The molecule has 1 aromatic carbocycles. The average Bonchev–Trinajstić information content (AvgIpc) is 3.63. The van der Waals surface area contributed by atoms with E-state index in [1.54, 1.807) is 37.4 Å². The second-order valence-corrected chi connectivity index (χ2v) is 11.0. The molecule has 0 bridgehead atoms. The molecule has 1 aliphatic rings. The maximum absolute atomic E-state index is 14.0. The summed E-state index contributed by atoms with van der Waals surface area (Å²) in [5, 5.41) is 5.36. The van der Waals surface area contributed by atoms with Gasteiger partial charge in [-0.15, -0.1) is 0 Å². The Labute approximate surface area is 218 Å². The molecule has 200 valence electrons. The lowest BCUT2D eigenvalue weighted by Crippen LogP contribution is -2.54. The van der Waals surface area contributed by atoms with Gasteiger partial charge in [0.05, 0.1) is 7.11 Å². The molecule has 2 N–H and O–H groups in total. The Kier molecular flexibility index (Phi) is 10.6. The minimum absolute atomic E-state index is 0.150. The van der Waals surface area contributed by atoms with E-state index in [0.29, 0.717) is 17.7 Å². The Morgan fingerprint density at radius 1 is 1.17 bits per heavy atom. The van der Waals surface area contributed by atoms with Gasteiger partial charge in [0.1, 0.15) is 24.2 Å². The molecular weight excluding hydrogens is 482 g/mol. The molecule has 1 saturated carbocycles. The highest BCUT2D eigenvalue weighted by molar-refractivity contribution is 7.98. The summed E-state index contributed by atoms with van der Waals surface area (Å²) in [5.41, 5.74) is 1.74. The van der Waals surface area contributed by atoms with E-state index < -0.39 is 35.7 Å². The number of alkyl carbamates (subject to hydrolysis) is 1. The molecular formula is C26H39N3O6S. The Morgan fingerprint density at radius 2 is 1.83 bits per heavy atom. The Balaban J connectivity index is 2.46. The zero-order valence-electron chi connectivity index (χ0n) is 22.3. The number of thioether (sulfide) groups is 1. The number of rotatable bonds is 11. The highest BCUT2D eigenvalue weighted by Gasteiger charge is 2.44. The fraction of sp³-hybridized carbons (Fsp3) is 0.615. The van der Waals surface area contributed by atoms with Crippen molar-refractivity contribution in [3.63, 3.8) is 0 Å². The molecule has 0 saturated heterocycles. The van der Waals surface area contributed by atoms with E-state index in [0.717, 1.165) is 24.0 Å². The van der Waals surface area contributed by atoms with E-state index in [-0.39, 0.29) is 18.5 Å². The highest BCUT2D eigenvalue weighted by Crippen LogP contribution is 2.37. The number of carbonyl (C=O) groups excluding carboxylic acids is 4. The second-order valence-electron chi connectivity index (χ2n) is 10.0. The van der Waals surface area contributed by atoms with Crippen molar-refractivity contribution >= 4 is 35.6 Å². The number of ether oxygens (including phenoxy) is 2. The Hall–Kier alpha value is -2.75. The molecule has 3 amide bonds. The molecule has 1 aromatic rings. The predicted molar refractivity (Wildman–Crippen MR) is 140 cm³/mol. The van der Waals surface area contributed by atoms with Gasteiger partial charge in [-0.05, 0) is 77.0 Å². The number of methoxy groups -OCH3 is 1. The Morgan fingerprint density at radius 3 is 2.39 bits per heavy atom. The number of nitrogens with zero attached hydrogens (tertiary/aromatic N) is 1. The lowest BCUT2D eigenvalue weighted by Gasteiger charge is -2.35. The molecule has 36 heavy (non-hydrogen) atoms. The first-order valence-electron chi connectivity index (χ1n) is 12.1. The van der Waals surface area contributed by atoms with Crippen LogP contribution in [0.1, 0.15) is 62.8 Å². The standard InChI is InChI=1S/C26H39N3O6S/c1-16-8-9-17(2)19(14-16)22(23(31)27-15-21(30)34-6)29(18-10-11-18)24(32)20(12-13-36-7)28-25(33)35-26(3,4)5/h8-9,14,18,20,22H,10-13,15H2,1-7H3,(H,27,31)(H,28,33). The van der Waals surface area contributed by atoms with Crippen LogP contribution >= 0.6 is 11.8 Å². The first-order valence-corrected chi connectivity index (χ1v) is 13.5. The molecule has 2 atom stereocenters. The quantitative estimate of drug-likeness (QED) is 0.430. The van der Waals surface area contributed by atoms with E-state index in [2.05, 4.69) is 15.4 Å². The molecule has 0 aliphatic heterocycles. The topological polar surface area (TPSA) is 114 Å². The zero-order chi connectivity index (χ0) is 27.0. The van der Waals surface area contributed by atoms with Gasteiger partial charge in [0, 0.05) is 6.04 Å². The molecule has 0 radical (unpaired) electrons. The minimum Gasteiger partial charge on any atom is -0.468 e. The number of amides is 3. The van der Waals surface area contributed by atoms with E-state index in [1.165, 1.54) is 7.11 Å². The molecule has 2 rings (SSSR count). The van der Waals surface area contributed by atoms with Crippen LogP contribution in [-0.4, -0.2) is 72.1 Å². The lowest BCUT2D eigenvalue weighted by molar-refractivity contribution is -0.145. The summed E-state index contributed by atoms with van der Waals surface area (Å²) >= 11 is 1.56. The number of aryl methyl sites for hydroxylation is 2. The normalized spacial score (nSPS) is 14.9. The van der Waals surface area contributed by atoms with Crippen LogP contribution in [0.5, 0.6) is 0 Å². The summed E-state index contributed by atoms with van der Waals surface area (Å²) in [4.78, 5) is 53.4. The molecule has 1 aliphatic carbocycles. The third-order valence-corrected chi connectivity index (χ3v) is 6.33. The van der Waals surface area contributed by atoms with Crippen molar-refractivity contribution < 1.29 is 28.7 Å². The number of esters is 1. The summed E-state index contributed by atoms with van der Waals surface area (Å²) < 4.78 is 10.1. The maximum atomic E-state index is 14.0. The van der Waals surface area contributed by atoms with Crippen LogP contribution in [0.3, 0.4) is 0 Å². The van der Waals surface area contributed by atoms with Crippen molar-refractivity contribution in [3.05, 3.63) is 34.9 Å². The fourth-order valence-corrected chi connectivity index (χ4v) is 4.26. The molecule has 9 nitrogen and oxygen atoms in total. The van der Waals surface area contributed by atoms with Crippen LogP contribution in [0.25, 0.3) is 0 Å². The SMILES string of the molecule is COC(=O)CNC(=O)C(c1cc(C)ccc1C)N(C(=O)C(CCSC)NC(=O)OC(C)(C)C)C1CC1. The number of hydrogen-bond donors (Lipinski definition) is 2. The summed E-state index contributed by atoms with van der Waals surface area (Å²) in [6.45, 7) is 8.75. The van der Waals surface area contributed by atoms with Crippen molar-refractivity contribution in [3.8, 4) is 0 Å². The van der Waals surface area contributed by atoms with Crippen molar-refractivity contribution in [1.29, 1.82) is 0 Å².